The molecule has 0 aromatic heterocycles. The molecule has 0 amide bonds. The highest BCUT2D eigenvalue weighted by Gasteiger charge is 2.43. The van der Waals surface area contributed by atoms with Crippen LogP contribution in [-0.2, 0) is 11.2 Å². The molecular weight excluding hydrogens is 418 g/mol. The van der Waals surface area contributed by atoms with Crippen LogP contribution in [0.4, 0.5) is 0 Å². The molecule has 1 heterocycles. The lowest BCUT2D eigenvalue weighted by molar-refractivity contribution is 0.0381. The van der Waals surface area contributed by atoms with Crippen molar-refractivity contribution in [3.05, 3.63) is 59.2 Å². The maximum absolute atomic E-state index is 10.6. The minimum Gasteiger partial charge on any atom is -0.392 e. The van der Waals surface area contributed by atoms with Crippen molar-refractivity contribution < 1.29 is 14.9 Å². The highest BCUT2D eigenvalue weighted by molar-refractivity contribution is 7.99. The fourth-order valence-corrected chi connectivity index (χ4v) is 6.49. The molecule has 5 heteroatoms. The summed E-state index contributed by atoms with van der Waals surface area (Å²) in [5.41, 5.74) is 3.93. The maximum atomic E-state index is 10.6. The first-order valence-corrected chi connectivity index (χ1v) is 13.4. The summed E-state index contributed by atoms with van der Waals surface area (Å²) in [6.07, 6.45) is 9.50. The first-order valence-electron chi connectivity index (χ1n) is 12.3. The number of benzene rings is 1. The zero-order valence-electron chi connectivity index (χ0n) is 19.4. The van der Waals surface area contributed by atoms with Crippen LogP contribution < -0.4 is 0 Å². The largest absolute Gasteiger partial charge is 0.392 e. The maximum Gasteiger partial charge on any atom is 0.0761 e. The van der Waals surface area contributed by atoms with E-state index in [9.17, 15) is 10.2 Å². The Labute approximate surface area is 197 Å². The zero-order valence-corrected chi connectivity index (χ0v) is 20.2. The molecule has 1 saturated carbocycles. The van der Waals surface area contributed by atoms with E-state index in [1.165, 1.54) is 24.3 Å². The van der Waals surface area contributed by atoms with Crippen LogP contribution in [0.2, 0.25) is 0 Å². The van der Waals surface area contributed by atoms with Gasteiger partial charge in [0.15, 0.2) is 0 Å². The van der Waals surface area contributed by atoms with E-state index in [0.29, 0.717) is 18.3 Å². The molecule has 1 aromatic carbocycles. The summed E-state index contributed by atoms with van der Waals surface area (Å²) < 4.78 is 5.42. The van der Waals surface area contributed by atoms with Crippen LogP contribution in [0.1, 0.15) is 30.4 Å². The highest BCUT2D eigenvalue weighted by atomic mass is 32.2. The van der Waals surface area contributed by atoms with Crippen molar-refractivity contribution in [3.63, 3.8) is 0 Å². The Morgan fingerprint density at radius 3 is 2.94 bits per heavy atom. The number of hydrogen-bond acceptors (Lipinski definition) is 5. The van der Waals surface area contributed by atoms with Crippen molar-refractivity contribution in [2.75, 3.05) is 44.4 Å². The molecule has 32 heavy (non-hydrogen) atoms. The van der Waals surface area contributed by atoms with Crippen molar-refractivity contribution in [2.45, 2.75) is 44.8 Å². The first kappa shape index (κ1) is 24.0. The van der Waals surface area contributed by atoms with E-state index in [4.69, 9.17) is 4.74 Å². The number of rotatable bonds is 10. The molecule has 5 atom stereocenters. The van der Waals surface area contributed by atoms with Crippen molar-refractivity contribution in [1.29, 1.82) is 0 Å². The third-order valence-corrected chi connectivity index (χ3v) is 8.34. The molecule has 3 aliphatic rings. The van der Waals surface area contributed by atoms with Gasteiger partial charge in [0.2, 0.25) is 0 Å². The minimum absolute atomic E-state index is 0.159. The number of fused-ring (bicyclic) bond motifs is 1. The fraction of sp³-hybridized carbons (Fsp3) is 0.630. The lowest BCUT2D eigenvalue weighted by Crippen LogP contribution is -2.36. The lowest BCUT2D eigenvalue weighted by atomic mass is 9.89. The number of allylic oxidation sites excluding steroid dienone is 1. The van der Waals surface area contributed by atoms with Crippen LogP contribution in [0.15, 0.2) is 48.1 Å². The Kier molecular flexibility index (Phi) is 8.90. The number of thioether (sulfide) groups is 1. The van der Waals surface area contributed by atoms with Gasteiger partial charge in [-0.1, -0.05) is 53.6 Å². The van der Waals surface area contributed by atoms with Crippen LogP contribution in [-0.4, -0.2) is 71.7 Å². The van der Waals surface area contributed by atoms with E-state index in [1.807, 2.05) is 12.1 Å². The van der Waals surface area contributed by atoms with Crippen LogP contribution in [0.5, 0.6) is 0 Å². The Balaban J connectivity index is 1.19. The second-order valence-corrected chi connectivity index (χ2v) is 10.8. The van der Waals surface area contributed by atoms with Gasteiger partial charge in [-0.15, -0.1) is 0 Å². The fourth-order valence-electron chi connectivity index (χ4n) is 5.54. The average molecular weight is 458 g/mol. The van der Waals surface area contributed by atoms with Gasteiger partial charge in [0, 0.05) is 31.2 Å². The molecule has 2 aliphatic carbocycles. The van der Waals surface area contributed by atoms with Gasteiger partial charge in [-0.05, 0) is 55.9 Å². The quantitative estimate of drug-likeness (QED) is 0.413. The van der Waals surface area contributed by atoms with Crippen molar-refractivity contribution in [1.82, 2.24) is 4.90 Å². The number of aryl methyl sites for hydroxylation is 1. The SMILES string of the molecule is Cc1cccc(C[C@@H](O)C=C[C@@H]2[C@H]3CC(CSCCCN4CCOCC4)=C[C@H]3C[C@H]2O)c1. The van der Waals surface area contributed by atoms with Crippen molar-refractivity contribution in [2.24, 2.45) is 17.8 Å². The van der Waals surface area contributed by atoms with Crippen LogP contribution in [0.25, 0.3) is 0 Å². The number of aliphatic hydroxyl groups excluding tert-OH is 2. The first-order chi connectivity index (χ1) is 15.6. The molecule has 0 bridgehead atoms. The van der Waals surface area contributed by atoms with Crippen LogP contribution in [0.3, 0.4) is 0 Å². The Hall–Kier alpha value is -1.11. The molecule has 176 valence electrons. The average Bonchev–Trinajstić information content (AvgIpc) is 3.29. The molecule has 4 rings (SSSR count). The predicted octanol–water partition coefficient (Wildman–Crippen LogP) is 3.85. The molecule has 4 nitrogen and oxygen atoms in total. The standard InChI is InChI=1S/C27H39NO3S/c1-20-4-2-5-21(14-20)16-24(29)6-7-25-26-17-22(15-23(26)18-27(25)30)19-32-13-3-8-28-9-11-31-12-10-28/h2,4-7,14-15,23-27,29-30H,3,8-13,16-19H2,1H3/t23-,24-,25+,26-,27+/m0/s1. The third kappa shape index (κ3) is 6.71. The molecule has 0 radical (unpaired) electrons. The normalized spacial score (nSPS) is 29.4. The number of aliphatic hydroxyl groups is 2. The van der Waals surface area contributed by atoms with Crippen molar-refractivity contribution in [3.8, 4) is 0 Å². The summed E-state index contributed by atoms with van der Waals surface area (Å²) in [6.45, 7) is 7.19. The monoisotopic (exact) mass is 457 g/mol. The summed E-state index contributed by atoms with van der Waals surface area (Å²) in [5, 5.41) is 21.1. The van der Waals surface area contributed by atoms with Gasteiger partial charge < -0.3 is 14.9 Å². The van der Waals surface area contributed by atoms with Gasteiger partial charge in [0.05, 0.1) is 25.4 Å². The highest BCUT2D eigenvalue weighted by Crippen LogP contribution is 2.47. The van der Waals surface area contributed by atoms with E-state index >= 15 is 0 Å². The second kappa shape index (κ2) is 11.8. The summed E-state index contributed by atoms with van der Waals surface area (Å²) in [5.74, 6) is 3.49. The van der Waals surface area contributed by atoms with Gasteiger partial charge in [0.25, 0.3) is 0 Å². The van der Waals surface area contributed by atoms with Gasteiger partial charge in [-0.25, -0.2) is 0 Å². The number of ether oxygens (including phenoxy) is 1. The molecule has 1 aromatic rings. The van der Waals surface area contributed by atoms with Gasteiger partial charge >= 0.3 is 0 Å². The van der Waals surface area contributed by atoms with E-state index in [1.54, 1.807) is 5.57 Å². The topological polar surface area (TPSA) is 52.9 Å². The Bertz CT molecular complexity index is 789. The number of morpholine rings is 1. The molecule has 1 aliphatic heterocycles. The minimum atomic E-state index is -0.501. The van der Waals surface area contributed by atoms with Gasteiger partial charge in [0.1, 0.15) is 0 Å². The van der Waals surface area contributed by atoms with Crippen LogP contribution >= 0.6 is 11.8 Å². The smallest absolute Gasteiger partial charge is 0.0761 e. The van der Waals surface area contributed by atoms with Crippen molar-refractivity contribution >= 4 is 11.8 Å². The zero-order chi connectivity index (χ0) is 22.3. The number of nitrogens with zero attached hydrogens (tertiary/aromatic N) is 1. The summed E-state index contributed by atoms with van der Waals surface area (Å²) in [6, 6.07) is 8.31. The predicted molar refractivity (Wildman–Crippen MR) is 133 cm³/mol. The van der Waals surface area contributed by atoms with E-state index < -0.39 is 6.10 Å². The molecule has 2 N–H and O–H groups in total. The van der Waals surface area contributed by atoms with Gasteiger partial charge in [-0.2, -0.15) is 11.8 Å². The van der Waals surface area contributed by atoms with E-state index in [2.05, 4.69) is 53.9 Å². The third-order valence-electron chi connectivity index (χ3n) is 7.19. The summed E-state index contributed by atoms with van der Waals surface area (Å²) in [4.78, 5) is 2.51. The Morgan fingerprint density at radius 1 is 1.28 bits per heavy atom. The van der Waals surface area contributed by atoms with E-state index in [-0.39, 0.29) is 12.0 Å². The molecule has 0 spiro atoms. The van der Waals surface area contributed by atoms with Crippen LogP contribution in [0, 0.1) is 24.7 Å². The second-order valence-electron chi connectivity index (χ2n) is 9.74. The molecule has 2 fully saturated rings. The summed E-state index contributed by atoms with van der Waals surface area (Å²) >= 11 is 2.05. The lowest BCUT2D eigenvalue weighted by Gasteiger charge is -2.26. The van der Waals surface area contributed by atoms with Gasteiger partial charge in [-0.3, -0.25) is 4.90 Å². The number of hydrogen-bond donors (Lipinski definition) is 2. The molecule has 0 unspecified atom stereocenters. The summed E-state index contributed by atoms with van der Waals surface area (Å²) in [7, 11) is 0. The van der Waals surface area contributed by atoms with E-state index in [0.717, 1.165) is 50.5 Å². The Morgan fingerprint density at radius 2 is 2.12 bits per heavy atom. The molecule has 1 saturated heterocycles. The molecular formula is C27H39NO3S.